The van der Waals surface area contributed by atoms with Gasteiger partial charge >= 0.3 is 5.97 Å². The van der Waals surface area contributed by atoms with Crippen molar-refractivity contribution in [2.75, 3.05) is 6.54 Å². The van der Waals surface area contributed by atoms with Crippen molar-refractivity contribution in [3.05, 3.63) is 5.21 Å². The van der Waals surface area contributed by atoms with Crippen LogP contribution in [0.3, 0.4) is 0 Å². The lowest BCUT2D eigenvalue weighted by atomic mass is 10.7. The van der Waals surface area contributed by atoms with E-state index in [1.165, 1.54) is 5.16 Å². The number of nitrogens with two attached hydrogens (primary N) is 1. The van der Waals surface area contributed by atoms with E-state index in [9.17, 15) is 4.79 Å². The molecule has 0 fully saturated rings. The molecular weight excluding hydrogens is 112 g/mol. The maximum absolute atomic E-state index is 9.24. The quantitative estimate of drug-likeness (QED) is 0.199. The summed E-state index contributed by atoms with van der Waals surface area (Å²) in [4.78, 5) is 9.24. The Balaban J connectivity index is 0. The first-order valence-corrected chi connectivity index (χ1v) is 1.75. The van der Waals surface area contributed by atoms with E-state index in [1.54, 1.807) is 0 Å². The van der Waals surface area contributed by atoms with E-state index in [4.69, 9.17) is 10.3 Å². The summed E-state index contributed by atoms with van der Waals surface area (Å²) in [7, 11) is 0. The van der Waals surface area contributed by atoms with E-state index in [1.807, 2.05) is 0 Å². The maximum atomic E-state index is 9.24. The monoisotopic (exact) mass is 120 g/mol. The van der Waals surface area contributed by atoms with Crippen LogP contribution < -0.4 is 10.9 Å². The minimum absolute atomic E-state index is 0.278. The molecule has 0 aromatic rings. The smallest absolute Gasteiger partial charge is 0.317 e. The highest BCUT2D eigenvalue weighted by Gasteiger charge is 1.81. The Morgan fingerprint density at radius 3 is 2.12 bits per heavy atom. The molecule has 8 heavy (non-hydrogen) atoms. The molecular formula is C3H8N2O3. The van der Waals surface area contributed by atoms with Gasteiger partial charge in [-0.15, -0.1) is 0 Å². The van der Waals surface area contributed by atoms with Gasteiger partial charge in [0.1, 0.15) is 6.72 Å². The van der Waals surface area contributed by atoms with Gasteiger partial charge in [-0.3, -0.25) is 4.79 Å². The average molecular weight is 120 g/mol. The largest absolute Gasteiger partial charge is 0.626 e. The topological polar surface area (TPSA) is 100 Å². The molecule has 0 aliphatic heterocycles. The third kappa shape index (κ3) is 92.0. The highest BCUT2D eigenvalue weighted by atomic mass is 16.4. The summed E-state index contributed by atoms with van der Waals surface area (Å²) < 4.78 is 0. The molecule has 0 aliphatic rings. The molecule has 0 aromatic carbocycles. The van der Waals surface area contributed by atoms with Crippen molar-refractivity contribution in [3.8, 4) is 0 Å². The number of hydrogen-bond acceptors (Lipinski definition) is 3. The van der Waals surface area contributed by atoms with Gasteiger partial charge in [-0.1, -0.05) is 0 Å². The highest BCUT2D eigenvalue weighted by Crippen LogP contribution is 1.43. The molecule has 0 radical (unpaired) electrons. The first-order chi connectivity index (χ1) is 3.68. The van der Waals surface area contributed by atoms with E-state index in [-0.39, 0.29) is 6.54 Å². The lowest BCUT2D eigenvalue weighted by Gasteiger charge is -1.73. The Hall–Kier alpha value is -1.10. The van der Waals surface area contributed by atoms with Crippen LogP contribution in [-0.2, 0) is 4.79 Å². The minimum atomic E-state index is -0.968. The minimum Gasteiger partial charge on any atom is -0.626 e. The lowest BCUT2D eigenvalue weighted by Crippen LogP contribution is -2.56. The third-order valence-electron chi connectivity index (χ3n) is 0.175. The van der Waals surface area contributed by atoms with E-state index in [0.29, 0.717) is 0 Å². The molecule has 0 atom stereocenters. The van der Waals surface area contributed by atoms with Crippen LogP contribution in [0.1, 0.15) is 0 Å². The molecule has 5 heteroatoms. The van der Waals surface area contributed by atoms with Gasteiger partial charge in [-0.2, -0.15) is 0 Å². The molecule has 0 unspecified atom stereocenters. The number of carbonyl (C=O) groups is 1. The number of aliphatic carboxylic acids is 1. The van der Waals surface area contributed by atoms with Gasteiger partial charge in [-0.25, -0.2) is 5.16 Å². The first-order valence-electron chi connectivity index (χ1n) is 1.75. The van der Waals surface area contributed by atoms with Crippen molar-refractivity contribution in [2.45, 2.75) is 0 Å². The van der Waals surface area contributed by atoms with Gasteiger partial charge in [0.05, 0.1) is 6.54 Å². The molecule has 0 aromatic heterocycles. The van der Waals surface area contributed by atoms with Crippen LogP contribution >= 0.6 is 0 Å². The second kappa shape index (κ2) is 9.31. The molecule has 0 rings (SSSR count). The Morgan fingerprint density at radius 2 is 2.12 bits per heavy atom. The van der Waals surface area contributed by atoms with Gasteiger partial charge in [-0.05, 0) is 0 Å². The fourth-order valence-electron chi connectivity index (χ4n) is 0. The zero-order valence-electron chi connectivity index (χ0n) is 4.26. The Labute approximate surface area is 46.4 Å². The summed E-state index contributed by atoms with van der Waals surface area (Å²) in [6, 6.07) is 0. The second-order valence-electron chi connectivity index (χ2n) is 0.742. The molecule has 0 spiro atoms. The number of carboxylic acid groups (broad SMARTS) is 1. The van der Waals surface area contributed by atoms with Crippen molar-refractivity contribution in [1.82, 2.24) is 0 Å². The Kier molecular flexibility index (Phi) is 11.6. The molecule has 0 amide bonds. The van der Waals surface area contributed by atoms with Crippen LogP contribution in [0.15, 0.2) is 0 Å². The van der Waals surface area contributed by atoms with Crippen LogP contribution in [0.5, 0.6) is 0 Å². The molecule has 4 N–H and O–H groups in total. The highest BCUT2D eigenvalue weighted by molar-refractivity contribution is 5.68. The van der Waals surface area contributed by atoms with E-state index < -0.39 is 5.97 Å². The van der Waals surface area contributed by atoms with E-state index in [0.717, 1.165) is 0 Å². The summed E-state index contributed by atoms with van der Waals surface area (Å²) >= 11 is 0. The van der Waals surface area contributed by atoms with Gasteiger partial charge in [0, 0.05) is 0 Å². The molecule has 48 valence electrons. The standard InChI is InChI=1S/C2H5NO2.CH3NO/c3-1-2(4)5;1-2-3/h1,3H2,(H,4,5);2H,1H2. The van der Waals surface area contributed by atoms with Gasteiger partial charge < -0.3 is 16.0 Å². The Bertz CT molecular complexity index is 72.9. The van der Waals surface area contributed by atoms with Crippen molar-refractivity contribution in [1.29, 1.82) is 0 Å². The second-order valence-corrected chi connectivity index (χ2v) is 0.742. The normalized spacial score (nSPS) is 6.12. The number of carboxylic acids is 1. The predicted octanol–water partition coefficient (Wildman–Crippen LogP) is -2.70. The maximum Gasteiger partial charge on any atom is 0.317 e. The predicted molar refractivity (Wildman–Crippen MR) is 28.1 cm³/mol. The van der Waals surface area contributed by atoms with E-state index in [2.05, 4.69) is 12.5 Å². The molecule has 0 aliphatic carbocycles. The summed E-state index contributed by atoms with van der Waals surface area (Å²) in [5.41, 5.74) is 4.57. The first kappa shape index (κ1) is 10.0. The van der Waals surface area contributed by atoms with Crippen LogP contribution in [0, 0.1) is 5.21 Å². The Morgan fingerprint density at radius 1 is 2.00 bits per heavy atom. The van der Waals surface area contributed by atoms with Gasteiger partial charge in [0.25, 0.3) is 0 Å². The molecule has 0 heterocycles. The summed E-state index contributed by atoms with van der Waals surface area (Å²) in [6.45, 7) is 2.40. The summed E-state index contributed by atoms with van der Waals surface area (Å²) in [5, 5.41) is 17.4. The van der Waals surface area contributed by atoms with Crippen LogP contribution in [0.25, 0.3) is 0 Å². The van der Waals surface area contributed by atoms with Crippen molar-refractivity contribution >= 4 is 12.7 Å². The molecule has 0 saturated heterocycles. The molecule has 0 saturated carbocycles. The molecule has 5 nitrogen and oxygen atoms in total. The zero-order chi connectivity index (χ0) is 6.99. The number of nitrogens with one attached hydrogen (secondary N) is 1. The number of rotatable bonds is 1. The zero-order valence-corrected chi connectivity index (χ0v) is 4.26. The SMILES string of the molecule is C=[NH+][O-].NCC(=O)O. The van der Waals surface area contributed by atoms with Crippen molar-refractivity contribution < 1.29 is 15.1 Å². The summed E-state index contributed by atoms with van der Waals surface area (Å²) in [5.74, 6) is -0.968. The number of hydrogen-bond donors (Lipinski definition) is 3. The lowest BCUT2D eigenvalue weighted by molar-refractivity contribution is -0.361. The molecule has 0 bridgehead atoms. The van der Waals surface area contributed by atoms with Gasteiger partial charge in [0.15, 0.2) is 0 Å². The fraction of sp³-hybridized carbons (Fsp3) is 0.333. The fourth-order valence-corrected chi connectivity index (χ4v) is 0. The summed E-state index contributed by atoms with van der Waals surface area (Å²) in [6.07, 6.45) is 0. The van der Waals surface area contributed by atoms with Crippen LogP contribution in [-0.4, -0.2) is 24.3 Å². The van der Waals surface area contributed by atoms with Crippen molar-refractivity contribution in [2.24, 2.45) is 5.73 Å². The van der Waals surface area contributed by atoms with Crippen LogP contribution in [0.2, 0.25) is 0 Å². The van der Waals surface area contributed by atoms with Crippen LogP contribution in [0.4, 0.5) is 0 Å². The van der Waals surface area contributed by atoms with Gasteiger partial charge in [0.2, 0.25) is 0 Å². The third-order valence-corrected chi connectivity index (χ3v) is 0.175. The van der Waals surface area contributed by atoms with Crippen molar-refractivity contribution in [3.63, 3.8) is 0 Å². The average Bonchev–Trinajstić information content (AvgIpc) is 1.69. The van der Waals surface area contributed by atoms with E-state index >= 15 is 0 Å².